The number of unbranched alkanes of at least 4 members (excludes halogenated alkanes) is 2. The number of carbonyl (C=O) groups excluding carboxylic acids is 1. The van der Waals surface area contributed by atoms with Crippen LogP contribution in [0.25, 0.3) is 0 Å². The number of aliphatic hydroxyl groups excluding tert-OH is 1. The number of hydrogen-bond acceptors (Lipinski definition) is 3. The summed E-state index contributed by atoms with van der Waals surface area (Å²) in [6.45, 7) is 3.05. The molecule has 0 aliphatic rings. The fraction of sp³-hybridized carbons (Fsp3) is 0.533. The van der Waals surface area contributed by atoms with E-state index in [1.807, 2.05) is 19.2 Å². The van der Waals surface area contributed by atoms with Crippen LogP contribution in [0.15, 0.2) is 27.6 Å². The molecule has 0 aliphatic carbocycles. The van der Waals surface area contributed by atoms with Crippen molar-refractivity contribution in [2.24, 2.45) is 0 Å². The standard InChI is InChI=1S/C15H22BrNO2S/c1-12-10-13(16)6-7-14(12)20-11-15(19)17(2)8-4-3-5-9-18/h6-7,10,18H,3-5,8-9,11H2,1-2H3. The van der Waals surface area contributed by atoms with E-state index in [1.165, 1.54) is 5.56 Å². The lowest BCUT2D eigenvalue weighted by Gasteiger charge is -2.17. The maximum absolute atomic E-state index is 12.0. The molecule has 1 aromatic carbocycles. The van der Waals surface area contributed by atoms with Gasteiger partial charge < -0.3 is 10.0 Å². The van der Waals surface area contributed by atoms with E-state index in [0.29, 0.717) is 5.75 Å². The van der Waals surface area contributed by atoms with E-state index in [-0.39, 0.29) is 12.5 Å². The van der Waals surface area contributed by atoms with Gasteiger partial charge in [-0.05, 0) is 49.9 Å². The third-order valence-electron chi connectivity index (χ3n) is 3.07. The molecule has 0 unspecified atom stereocenters. The highest BCUT2D eigenvalue weighted by Gasteiger charge is 2.10. The average molecular weight is 360 g/mol. The van der Waals surface area contributed by atoms with Crippen LogP contribution < -0.4 is 0 Å². The number of aryl methyl sites for hydroxylation is 1. The van der Waals surface area contributed by atoms with Crippen molar-refractivity contribution in [1.29, 1.82) is 0 Å². The summed E-state index contributed by atoms with van der Waals surface area (Å²) < 4.78 is 1.06. The molecule has 0 atom stereocenters. The van der Waals surface area contributed by atoms with Gasteiger partial charge in [-0.2, -0.15) is 0 Å². The van der Waals surface area contributed by atoms with Crippen LogP contribution in [-0.4, -0.2) is 41.9 Å². The maximum atomic E-state index is 12.0. The van der Waals surface area contributed by atoms with Crippen molar-refractivity contribution >= 4 is 33.6 Å². The van der Waals surface area contributed by atoms with E-state index >= 15 is 0 Å². The van der Waals surface area contributed by atoms with E-state index in [2.05, 4.69) is 28.9 Å². The third-order valence-corrected chi connectivity index (χ3v) is 4.72. The molecule has 0 heterocycles. The Hall–Kier alpha value is -0.520. The molecule has 0 fully saturated rings. The van der Waals surface area contributed by atoms with Crippen LogP contribution in [0.2, 0.25) is 0 Å². The van der Waals surface area contributed by atoms with E-state index in [1.54, 1.807) is 16.7 Å². The summed E-state index contributed by atoms with van der Waals surface area (Å²) >= 11 is 5.02. The molecule has 0 aliphatic heterocycles. The average Bonchev–Trinajstić information content (AvgIpc) is 2.42. The Morgan fingerprint density at radius 3 is 2.75 bits per heavy atom. The molecule has 1 N–H and O–H groups in total. The highest BCUT2D eigenvalue weighted by Crippen LogP contribution is 2.25. The van der Waals surface area contributed by atoms with Gasteiger partial charge in [0.1, 0.15) is 0 Å². The number of carbonyl (C=O) groups is 1. The van der Waals surface area contributed by atoms with Gasteiger partial charge >= 0.3 is 0 Å². The smallest absolute Gasteiger partial charge is 0.232 e. The third kappa shape index (κ3) is 6.29. The van der Waals surface area contributed by atoms with Crippen LogP contribution in [-0.2, 0) is 4.79 Å². The molecule has 0 saturated heterocycles. The molecule has 1 aromatic rings. The summed E-state index contributed by atoms with van der Waals surface area (Å²) in [6.07, 6.45) is 2.73. The van der Waals surface area contributed by atoms with Crippen LogP contribution in [0.4, 0.5) is 0 Å². The fourth-order valence-electron chi connectivity index (χ4n) is 1.79. The molecule has 0 spiro atoms. The normalized spacial score (nSPS) is 10.6. The first-order chi connectivity index (χ1) is 9.54. The lowest BCUT2D eigenvalue weighted by atomic mass is 10.2. The van der Waals surface area contributed by atoms with Crippen molar-refractivity contribution in [2.45, 2.75) is 31.1 Å². The summed E-state index contributed by atoms with van der Waals surface area (Å²) in [5.41, 5.74) is 1.18. The molecule has 0 saturated carbocycles. The first-order valence-electron chi connectivity index (χ1n) is 6.78. The summed E-state index contributed by atoms with van der Waals surface area (Å²) in [5.74, 6) is 0.625. The minimum atomic E-state index is 0.154. The number of aliphatic hydroxyl groups is 1. The molecular weight excluding hydrogens is 338 g/mol. The molecule has 112 valence electrons. The summed E-state index contributed by atoms with van der Waals surface area (Å²) in [7, 11) is 1.84. The van der Waals surface area contributed by atoms with E-state index in [0.717, 1.165) is 35.2 Å². The van der Waals surface area contributed by atoms with Gasteiger partial charge in [0.05, 0.1) is 5.75 Å². The second kappa shape index (κ2) is 9.42. The minimum absolute atomic E-state index is 0.154. The molecule has 0 radical (unpaired) electrons. The lowest BCUT2D eigenvalue weighted by molar-refractivity contribution is -0.127. The Bertz CT molecular complexity index is 440. The topological polar surface area (TPSA) is 40.5 Å². The minimum Gasteiger partial charge on any atom is -0.396 e. The zero-order valence-electron chi connectivity index (χ0n) is 12.1. The van der Waals surface area contributed by atoms with Crippen LogP contribution in [0, 0.1) is 6.92 Å². The summed E-state index contributed by atoms with van der Waals surface area (Å²) in [5, 5.41) is 8.71. The van der Waals surface area contributed by atoms with Gasteiger partial charge in [-0.15, -0.1) is 11.8 Å². The van der Waals surface area contributed by atoms with Crippen molar-refractivity contribution in [1.82, 2.24) is 4.90 Å². The number of amides is 1. The van der Waals surface area contributed by atoms with Crippen molar-refractivity contribution in [3.63, 3.8) is 0 Å². The van der Waals surface area contributed by atoms with Gasteiger partial charge in [0.25, 0.3) is 0 Å². The Morgan fingerprint density at radius 2 is 2.10 bits per heavy atom. The molecule has 0 bridgehead atoms. The van der Waals surface area contributed by atoms with E-state index < -0.39 is 0 Å². The number of benzene rings is 1. The second-order valence-corrected chi connectivity index (χ2v) is 6.73. The Balaban J connectivity index is 2.34. The Morgan fingerprint density at radius 1 is 1.35 bits per heavy atom. The number of hydrogen-bond donors (Lipinski definition) is 1. The summed E-state index contributed by atoms with van der Waals surface area (Å²) in [6, 6.07) is 6.10. The van der Waals surface area contributed by atoms with Crippen LogP contribution >= 0.6 is 27.7 Å². The molecule has 3 nitrogen and oxygen atoms in total. The van der Waals surface area contributed by atoms with Crippen LogP contribution in [0.3, 0.4) is 0 Å². The van der Waals surface area contributed by atoms with Crippen molar-refractivity contribution in [3.8, 4) is 0 Å². The van der Waals surface area contributed by atoms with Crippen molar-refractivity contribution < 1.29 is 9.90 Å². The monoisotopic (exact) mass is 359 g/mol. The first kappa shape index (κ1) is 17.5. The zero-order chi connectivity index (χ0) is 15.0. The predicted octanol–water partition coefficient (Wildman–Crippen LogP) is 3.47. The second-order valence-electron chi connectivity index (χ2n) is 4.80. The Labute approximate surface area is 133 Å². The zero-order valence-corrected chi connectivity index (χ0v) is 14.5. The fourth-order valence-corrected chi connectivity index (χ4v) is 3.21. The predicted molar refractivity (Wildman–Crippen MR) is 88.2 cm³/mol. The van der Waals surface area contributed by atoms with Crippen molar-refractivity contribution in [3.05, 3.63) is 28.2 Å². The van der Waals surface area contributed by atoms with Gasteiger partial charge in [-0.3, -0.25) is 4.79 Å². The van der Waals surface area contributed by atoms with Gasteiger partial charge in [-0.25, -0.2) is 0 Å². The highest BCUT2D eigenvalue weighted by atomic mass is 79.9. The summed E-state index contributed by atoms with van der Waals surface area (Å²) in [4.78, 5) is 14.9. The van der Waals surface area contributed by atoms with Gasteiger partial charge in [0.15, 0.2) is 0 Å². The number of rotatable bonds is 8. The number of nitrogens with zero attached hydrogens (tertiary/aromatic N) is 1. The van der Waals surface area contributed by atoms with Crippen LogP contribution in [0.1, 0.15) is 24.8 Å². The van der Waals surface area contributed by atoms with E-state index in [4.69, 9.17) is 5.11 Å². The van der Waals surface area contributed by atoms with Crippen LogP contribution in [0.5, 0.6) is 0 Å². The van der Waals surface area contributed by atoms with Crippen molar-refractivity contribution in [2.75, 3.05) is 26.0 Å². The van der Waals surface area contributed by atoms with E-state index in [9.17, 15) is 4.79 Å². The van der Waals surface area contributed by atoms with Gasteiger partial charge in [-0.1, -0.05) is 15.9 Å². The highest BCUT2D eigenvalue weighted by molar-refractivity contribution is 9.10. The molecule has 5 heteroatoms. The Kier molecular flexibility index (Phi) is 8.26. The number of halogens is 1. The van der Waals surface area contributed by atoms with Gasteiger partial charge in [0, 0.05) is 29.6 Å². The maximum Gasteiger partial charge on any atom is 0.232 e. The molecule has 0 aromatic heterocycles. The largest absolute Gasteiger partial charge is 0.396 e. The molecular formula is C15H22BrNO2S. The number of thioether (sulfide) groups is 1. The van der Waals surface area contributed by atoms with Gasteiger partial charge in [0.2, 0.25) is 5.91 Å². The molecule has 1 amide bonds. The first-order valence-corrected chi connectivity index (χ1v) is 8.56. The lowest BCUT2D eigenvalue weighted by Crippen LogP contribution is -2.29. The quantitative estimate of drug-likeness (QED) is 0.570. The SMILES string of the molecule is Cc1cc(Br)ccc1SCC(=O)N(C)CCCCCO. The molecule has 1 rings (SSSR count). The molecule has 20 heavy (non-hydrogen) atoms.